The van der Waals surface area contributed by atoms with Crippen LogP contribution in [-0.4, -0.2) is 75.1 Å². The van der Waals surface area contributed by atoms with Crippen LogP contribution in [0.5, 0.6) is 5.75 Å². The Kier molecular flexibility index (Phi) is 12.0. The summed E-state index contributed by atoms with van der Waals surface area (Å²) in [5.74, 6) is -6.87. The number of benzene rings is 1. The first kappa shape index (κ1) is 30.8. The molecule has 204 valence electrons. The van der Waals surface area contributed by atoms with Crippen LogP contribution in [0.1, 0.15) is 38.7 Å². The minimum absolute atomic E-state index is 0.0414. The molecule has 0 aliphatic heterocycles. The SMILES string of the molecule is CC(C)C[C@H](NC(=O)[C@@H](N)Cc1ccc(O)cc1)C(=O)N[C@@H](CC(=O)O)C(=O)N[C@@H](CC(N)=O)C(=O)O. The Bertz CT molecular complexity index is 997. The number of carbonyl (C=O) groups excluding carboxylic acids is 4. The monoisotopic (exact) mass is 523 g/mol. The first-order valence-electron chi connectivity index (χ1n) is 11.4. The second kappa shape index (κ2) is 14.4. The standard InChI is InChI=1S/C23H33N5O9/c1-11(2)7-15(26-20(33)14(24)8-12-3-5-13(29)6-4-12)21(34)27-16(10-19(31)32)22(35)28-17(23(36)37)9-18(25)30/h3-6,11,14-17,29H,7-10,24H2,1-2H3,(H2,25,30)(H,26,33)(H,27,34)(H,28,35)(H,31,32)(H,36,37)/t14-,15-,16-,17-/m0/s1. The summed E-state index contributed by atoms with van der Waals surface area (Å²) >= 11 is 0. The number of carboxylic acids is 2. The van der Waals surface area contributed by atoms with E-state index in [-0.39, 0.29) is 24.5 Å². The summed E-state index contributed by atoms with van der Waals surface area (Å²) in [6.45, 7) is 3.54. The van der Waals surface area contributed by atoms with Gasteiger partial charge >= 0.3 is 11.9 Å². The van der Waals surface area contributed by atoms with Gasteiger partial charge in [0, 0.05) is 0 Å². The maximum absolute atomic E-state index is 13.0. The highest BCUT2D eigenvalue weighted by Gasteiger charge is 2.32. The molecule has 0 aromatic heterocycles. The van der Waals surface area contributed by atoms with Crippen molar-refractivity contribution in [2.45, 2.75) is 63.7 Å². The normalized spacial score (nSPS) is 14.1. The van der Waals surface area contributed by atoms with E-state index in [0.717, 1.165) is 0 Å². The van der Waals surface area contributed by atoms with Crippen molar-refractivity contribution >= 4 is 35.6 Å². The molecule has 0 saturated heterocycles. The van der Waals surface area contributed by atoms with Crippen LogP contribution in [-0.2, 0) is 35.2 Å². The number of aromatic hydroxyl groups is 1. The number of rotatable bonds is 15. The van der Waals surface area contributed by atoms with Crippen molar-refractivity contribution in [3.63, 3.8) is 0 Å². The molecular formula is C23H33N5O9. The lowest BCUT2D eigenvalue weighted by atomic mass is 10.0. The summed E-state index contributed by atoms with van der Waals surface area (Å²) in [7, 11) is 0. The Morgan fingerprint density at radius 2 is 1.32 bits per heavy atom. The Balaban J connectivity index is 2.98. The van der Waals surface area contributed by atoms with Gasteiger partial charge in [-0.3, -0.25) is 24.0 Å². The number of carbonyl (C=O) groups is 6. The van der Waals surface area contributed by atoms with Crippen LogP contribution in [0.3, 0.4) is 0 Å². The van der Waals surface area contributed by atoms with Gasteiger partial charge in [0.25, 0.3) is 0 Å². The van der Waals surface area contributed by atoms with Crippen LogP contribution in [0.15, 0.2) is 24.3 Å². The number of amides is 4. The molecule has 37 heavy (non-hydrogen) atoms. The molecule has 0 aliphatic rings. The lowest BCUT2D eigenvalue weighted by Crippen LogP contribution is -2.58. The second-order valence-electron chi connectivity index (χ2n) is 8.90. The summed E-state index contributed by atoms with van der Waals surface area (Å²) in [4.78, 5) is 71.9. The molecule has 14 nitrogen and oxygen atoms in total. The third-order valence-electron chi connectivity index (χ3n) is 5.10. The zero-order valence-corrected chi connectivity index (χ0v) is 20.5. The van der Waals surface area contributed by atoms with Crippen molar-refractivity contribution in [2.24, 2.45) is 17.4 Å². The second-order valence-corrected chi connectivity index (χ2v) is 8.90. The Labute approximate surface area is 212 Å². The fourth-order valence-electron chi connectivity index (χ4n) is 3.29. The van der Waals surface area contributed by atoms with Crippen LogP contribution in [0.25, 0.3) is 0 Å². The molecule has 0 saturated carbocycles. The molecule has 10 N–H and O–H groups in total. The van der Waals surface area contributed by atoms with Crippen LogP contribution in [0.2, 0.25) is 0 Å². The molecule has 1 aromatic carbocycles. The highest BCUT2D eigenvalue weighted by molar-refractivity contribution is 5.96. The molecule has 0 unspecified atom stereocenters. The summed E-state index contributed by atoms with van der Waals surface area (Å²) in [5, 5.41) is 34.4. The molecule has 0 bridgehead atoms. The molecule has 0 fully saturated rings. The molecule has 0 heterocycles. The average molecular weight is 524 g/mol. The molecule has 0 spiro atoms. The smallest absolute Gasteiger partial charge is 0.326 e. The van der Waals surface area contributed by atoms with Gasteiger partial charge in [-0.25, -0.2) is 4.79 Å². The van der Waals surface area contributed by atoms with E-state index in [1.807, 2.05) is 5.32 Å². The topological polar surface area (TPSA) is 251 Å². The summed E-state index contributed by atoms with van der Waals surface area (Å²) in [6, 6.07) is 0.330. The Morgan fingerprint density at radius 1 is 0.811 bits per heavy atom. The van der Waals surface area contributed by atoms with Crippen molar-refractivity contribution in [3.05, 3.63) is 29.8 Å². The van der Waals surface area contributed by atoms with Crippen LogP contribution < -0.4 is 27.4 Å². The Hall–Kier alpha value is -4.20. The maximum atomic E-state index is 13.0. The first-order chi connectivity index (χ1) is 17.2. The maximum Gasteiger partial charge on any atom is 0.326 e. The molecule has 0 radical (unpaired) electrons. The zero-order chi connectivity index (χ0) is 28.3. The zero-order valence-electron chi connectivity index (χ0n) is 20.5. The van der Waals surface area contributed by atoms with Gasteiger partial charge in [-0.1, -0.05) is 26.0 Å². The number of phenols is 1. The average Bonchev–Trinajstić information content (AvgIpc) is 2.78. The largest absolute Gasteiger partial charge is 0.508 e. The predicted molar refractivity (Wildman–Crippen MR) is 129 cm³/mol. The molecule has 1 rings (SSSR count). The minimum atomic E-state index is -1.73. The van der Waals surface area contributed by atoms with E-state index in [2.05, 4.69) is 10.6 Å². The third kappa shape index (κ3) is 11.4. The van der Waals surface area contributed by atoms with Gasteiger partial charge in [0.2, 0.25) is 23.6 Å². The number of aliphatic carboxylic acids is 2. The van der Waals surface area contributed by atoms with Gasteiger partial charge in [0.05, 0.1) is 18.9 Å². The quantitative estimate of drug-likeness (QED) is 0.128. The molecule has 4 atom stereocenters. The number of nitrogens with two attached hydrogens (primary N) is 2. The third-order valence-corrected chi connectivity index (χ3v) is 5.10. The number of primary amides is 1. The van der Waals surface area contributed by atoms with Gasteiger partial charge in [-0.15, -0.1) is 0 Å². The predicted octanol–water partition coefficient (Wildman–Crippen LogP) is -1.80. The van der Waals surface area contributed by atoms with Crippen molar-refractivity contribution in [1.82, 2.24) is 16.0 Å². The number of hydrogen-bond acceptors (Lipinski definition) is 8. The molecule has 1 aromatic rings. The molecule has 14 heteroatoms. The molecule has 0 aliphatic carbocycles. The van der Waals surface area contributed by atoms with Gasteiger partial charge < -0.3 is 42.7 Å². The molecular weight excluding hydrogens is 490 g/mol. The van der Waals surface area contributed by atoms with Crippen LogP contribution in [0.4, 0.5) is 0 Å². The number of nitrogens with one attached hydrogen (secondary N) is 3. The summed E-state index contributed by atoms with van der Waals surface area (Å²) in [5.41, 5.74) is 11.6. The van der Waals surface area contributed by atoms with E-state index in [0.29, 0.717) is 5.56 Å². The van der Waals surface area contributed by atoms with Crippen molar-refractivity contribution in [2.75, 3.05) is 0 Å². The van der Waals surface area contributed by atoms with Crippen molar-refractivity contribution in [3.8, 4) is 5.75 Å². The number of hydrogen-bond donors (Lipinski definition) is 8. The van der Waals surface area contributed by atoms with Crippen molar-refractivity contribution in [1.29, 1.82) is 0 Å². The van der Waals surface area contributed by atoms with E-state index in [1.54, 1.807) is 26.0 Å². The first-order valence-corrected chi connectivity index (χ1v) is 11.4. The van der Waals surface area contributed by atoms with Gasteiger partial charge in [-0.05, 0) is 36.5 Å². The van der Waals surface area contributed by atoms with Crippen LogP contribution in [0, 0.1) is 5.92 Å². The number of carboxylic acid groups (broad SMARTS) is 2. The highest BCUT2D eigenvalue weighted by atomic mass is 16.4. The van der Waals surface area contributed by atoms with Gasteiger partial charge in [-0.2, -0.15) is 0 Å². The van der Waals surface area contributed by atoms with E-state index >= 15 is 0 Å². The lowest BCUT2D eigenvalue weighted by molar-refractivity contribution is -0.144. The summed E-state index contributed by atoms with van der Waals surface area (Å²) < 4.78 is 0. The summed E-state index contributed by atoms with van der Waals surface area (Å²) in [6.07, 6.45) is -1.43. The fourth-order valence-corrected chi connectivity index (χ4v) is 3.29. The van der Waals surface area contributed by atoms with Crippen LogP contribution >= 0.6 is 0 Å². The van der Waals surface area contributed by atoms with E-state index in [9.17, 15) is 44.1 Å². The van der Waals surface area contributed by atoms with E-state index in [4.69, 9.17) is 11.5 Å². The minimum Gasteiger partial charge on any atom is -0.508 e. The fraction of sp³-hybridized carbons (Fsp3) is 0.478. The van der Waals surface area contributed by atoms with Gasteiger partial charge in [0.15, 0.2) is 0 Å². The van der Waals surface area contributed by atoms with E-state index in [1.165, 1.54) is 12.1 Å². The number of phenolic OH excluding ortho intramolecular Hbond substituents is 1. The van der Waals surface area contributed by atoms with Gasteiger partial charge in [0.1, 0.15) is 23.9 Å². The van der Waals surface area contributed by atoms with Crippen molar-refractivity contribution < 1.29 is 44.1 Å². The Morgan fingerprint density at radius 3 is 1.81 bits per heavy atom. The highest BCUT2D eigenvalue weighted by Crippen LogP contribution is 2.12. The van der Waals surface area contributed by atoms with E-state index < -0.39 is 72.6 Å². The lowest BCUT2D eigenvalue weighted by Gasteiger charge is -2.25. The molecule has 4 amide bonds.